The number of hydrogen-bond acceptors (Lipinski definition) is 1. The molecule has 0 spiro atoms. The quantitative estimate of drug-likeness (QED) is 0.458. The zero-order chi connectivity index (χ0) is 20.4. The summed E-state index contributed by atoms with van der Waals surface area (Å²) < 4.78 is 0. The molecule has 0 aromatic heterocycles. The van der Waals surface area contributed by atoms with Gasteiger partial charge in [-0.1, -0.05) is 75.9 Å². The van der Waals surface area contributed by atoms with Crippen molar-refractivity contribution < 1.29 is 0 Å². The van der Waals surface area contributed by atoms with E-state index >= 15 is 0 Å². The third-order valence-corrected chi connectivity index (χ3v) is 6.72. The highest BCUT2D eigenvalue weighted by Gasteiger charge is 2.32. The molecule has 3 unspecified atom stereocenters. The summed E-state index contributed by atoms with van der Waals surface area (Å²) in [7, 11) is 0. The number of rotatable bonds is 6. The Morgan fingerprint density at radius 3 is 2.83 bits per heavy atom. The van der Waals surface area contributed by atoms with Crippen LogP contribution < -0.4 is 0 Å². The Morgan fingerprint density at radius 1 is 1.24 bits per heavy atom. The van der Waals surface area contributed by atoms with Crippen LogP contribution in [0, 0.1) is 11.8 Å². The monoisotopic (exact) mass is 381 g/mol. The lowest BCUT2D eigenvalue weighted by Crippen LogP contribution is -2.24. The van der Waals surface area contributed by atoms with Crippen LogP contribution in [0.25, 0.3) is 11.6 Å². The van der Waals surface area contributed by atoms with Crippen molar-refractivity contribution in [2.75, 3.05) is 0 Å². The Labute approximate surface area is 175 Å². The highest BCUT2D eigenvalue weighted by Crippen LogP contribution is 2.42. The van der Waals surface area contributed by atoms with Crippen LogP contribution in [-0.2, 0) is 11.8 Å². The maximum absolute atomic E-state index is 4.81. The molecule has 0 radical (unpaired) electrons. The molecule has 29 heavy (non-hydrogen) atoms. The van der Waals surface area contributed by atoms with Gasteiger partial charge < -0.3 is 0 Å². The van der Waals surface area contributed by atoms with E-state index in [0.29, 0.717) is 0 Å². The summed E-state index contributed by atoms with van der Waals surface area (Å²) in [5.74, 6) is 1.63. The van der Waals surface area contributed by atoms with Gasteiger partial charge in [0, 0.05) is 17.2 Å². The number of aliphatic imine (C=N–C) groups is 1. The molecule has 1 heterocycles. The molecule has 2 aliphatic rings. The molecule has 1 aliphatic heterocycles. The van der Waals surface area contributed by atoms with Crippen molar-refractivity contribution in [3.05, 3.63) is 83.6 Å². The largest absolute Gasteiger partial charge is 0.260 e. The van der Waals surface area contributed by atoms with Crippen molar-refractivity contribution in [3.8, 4) is 0 Å². The van der Waals surface area contributed by atoms with E-state index in [1.165, 1.54) is 47.1 Å². The second-order valence-electron chi connectivity index (χ2n) is 9.18. The van der Waals surface area contributed by atoms with Gasteiger partial charge in [-0.05, 0) is 65.8 Å². The van der Waals surface area contributed by atoms with Gasteiger partial charge in [0.15, 0.2) is 0 Å². The first-order valence-corrected chi connectivity index (χ1v) is 10.8. The standard InChI is InChI=1S/C28H31N/c1-5-21-8-7-9-23(15-21)18-28(4)19-29-27-17-25(12-13-26(27)28)24(6-2)16-22-11-10-20(3)14-22/h5,7-9,12-13,15,17,19-20,22H,1-2,10-11,14,16,18H2,3-4H3. The lowest BCUT2D eigenvalue weighted by molar-refractivity contribution is 0.527. The molecule has 1 nitrogen and oxygen atoms in total. The Kier molecular flexibility index (Phi) is 5.43. The molecule has 0 bridgehead atoms. The zero-order valence-corrected chi connectivity index (χ0v) is 17.7. The maximum atomic E-state index is 4.81. The van der Waals surface area contributed by atoms with Gasteiger partial charge in [0.05, 0.1) is 5.69 Å². The van der Waals surface area contributed by atoms with E-state index in [1.807, 2.05) is 6.08 Å². The average Bonchev–Trinajstić information content (AvgIpc) is 3.29. The minimum absolute atomic E-state index is 0.0768. The SMILES string of the molecule is C=C=C(CC1CCC(C)C1)c1ccc2c(c1)N=CC2(C)Cc1cccc(C=C)c1. The van der Waals surface area contributed by atoms with Gasteiger partial charge in [0.25, 0.3) is 0 Å². The van der Waals surface area contributed by atoms with Crippen molar-refractivity contribution in [1.29, 1.82) is 0 Å². The molecular formula is C28H31N. The maximum Gasteiger partial charge on any atom is 0.0673 e. The van der Waals surface area contributed by atoms with Crippen LogP contribution in [0.5, 0.6) is 0 Å². The lowest BCUT2D eigenvalue weighted by atomic mass is 9.78. The molecule has 1 aliphatic carbocycles. The predicted molar refractivity (Wildman–Crippen MR) is 126 cm³/mol. The van der Waals surface area contributed by atoms with Gasteiger partial charge in [0.2, 0.25) is 0 Å². The van der Waals surface area contributed by atoms with Crippen LogP contribution in [-0.4, -0.2) is 6.21 Å². The summed E-state index contributed by atoms with van der Waals surface area (Å²) in [6.45, 7) is 12.5. The summed E-state index contributed by atoms with van der Waals surface area (Å²) in [4.78, 5) is 4.81. The van der Waals surface area contributed by atoms with Gasteiger partial charge in [-0.25, -0.2) is 0 Å². The van der Waals surface area contributed by atoms with Crippen molar-refractivity contribution in [2.45, 2.75) is 51.4 Å². The first-order chi connectivity index (χ1) is 14.0. The van der Waals surface area contributed by atoms with Crippen LogP contribution in [0.2, 0.25) is 0 Å². The molecule has 1 saturated carbocycles. The van der Waals surface area contributed by atoms with Gasteiger partial charge in [-0.2, -0.15) is 0 Å². The second-order valence-corrected chi connectivity index (χ2v) is 9.18. The first-order valence-electron chi connectivity index (χ1n) is 10.8. The van der Waals surface area contributed by atoms with Crippen LogP contribution in [0.3, 0.4) is 0 Å². The summed E-state index contributed by atoms with van der Waals surface area (Å²) in [6, 6.07) is 15.4. The van der Waals surface area contributed by atoms with Crippen LogP contribution in [0.1, 0.15) is 61.8 Å². The molecule has 3 atom stereocenters. The molecule has 0 saturated heterocycles. The second kappa shape index (κ2) is 8.01. The van der Waals surface area contributed by atoms with E-state index in [0.717, 1.165) is 30.4 Å². The third-order valence-electron chi connectivity index (χ3n) is 6.72. The number of nitrogens with zero attached hydrogens (tertiary/aromatic N) is 1. The molecule has 2 aromatic rings. The van der Waals surface area contributed by atoms with Crippen molar-refractivity contribution in [3.63, 3.8) is 0 Å². The summed E-state index contributed by atoms with van der Waals surface area (Å²) in [5, 5.41) is 0. The predicted octanol–water partition coefficient (Wildman–Crippen LogP) is 7.54. The molecule has 148 valence electrons. The molecule has 0 amide bonds. The zero-order valence-electron chi connectivity index (χ0n) is 17.7. The fourth-order valence-corrected chi connectivity index (χ4v) is 5.08. The molecule has 0 N–H and O–H groups in total. The molecule has 1 heteroatoms. The molecule has 4 rings (SSSR count). The Morgan fingerprint density at radius 2 is 2.10 bits per heavy atom. The Hall–Kier alpha value is -2.63. The summed E-state index contributed by atoms with van der Waals surface area (Å²) >= 11 is 0. The Balaban J connectivity index is 1.56. The minimum atomic E-state index is -0.0768. The molecule has 2 aromatic carbocycles. The lowest BCUT2D eigenvalue weighted by Gasteiger charge is -2.23. The van der Waals surface area contributed by atoms with E-state index in [1.54, 1.807) is 0 Å². The fourth-order valence-electron chi connectivity index (χ4n) is 5.08. The van der Waals surface area contributed by atoms with Crippen LogP contribution in [0.4, 0.5) is 5.69 Å². The topological polar surface area (TPSA) is 12.4 Å². The van der Waals surface area contributed by atoms with Gasteiger partial charge in [-0.3, -0.25) is 4.99 Å². The van der Waals surface area contributed by atoms with Crippen molar-refractivity contribution in [1.82, 2.24) is 0 Å². The third kappa shape index (κ3) is 4.07. The van der Waals surface area contributed by atoms with E-state index in [4.69, 9.17) is 4.99 Å². The number of hydrogen-bond donors (Lipinski definition) is 0. The fraction of sp³-hybridized carbons (Fsp3) is 0.357. The first kappa shape index (κ1) is 19.7. The van der Waals surface area contributed by atoms with Crippen LogP contribution in [0.15, 0.2) is 66.3 Å². The van der Waals surface area contributed by atoms with Gasteiger partial charge >= 0.3 is 0 Å². The van der Waals surface area contributed by atoms with E-state index in [-0.39, 0.29) is 5.41 Å². The summed E-state index contributed by atoms with van der Waals surface area (Å²) in [6.07, 6.45) is 10.1. The number of allylic oxidation sites excluding steroid dienone is 1. The minimum Gasteiger partial charge on any atom is -0.260 e. The normalized spacial score (nSPS) is 24.9. The summed E-state index contributed by atoms with van der Waals surface area (Å²) in [5.41, 5.74) is 10.5. The number of fused-ring (bicyclic) bond motifs is 1. The smallest absolute Gasteiger partial charge is 0.0673 e. The highest BCUT2D eigenvalue weighted by atomic mass is 14.8. The van der Waals surface area contributed by atoms with Crippen LogP contribution >= 0.6 is 0 Å². The number of benzene rings is 2. The van der Waals surface area contributed by atoms with Gasteiger partial charge in [-0.15, -0.1) is 5.73 Å². The Bertz CT molecular complexity index is 1000. The van der Waals surface area contributed by atoms with E-state index in [2.05, 4.69) is 81.4 Å². The average molecular weight is 382 g/mol. The molecule has 1 fully saturated rings. The van der Waals surface area contributed by atoms with E-state index < -0.39 is 0 Å². The van der Waals surface area contributed by atoms with Crippen molar-refractivity contribution in [2.24, 2.45) is 16.8 Å². The van der Waals surface area contributed by atoms with Gasteiger partial charge in [0.1, 0.15) is 0 Å². The molecular weight excluding hydrogens is 350 g/mol. The van der Waals surface area contributed by atoms with E-state index in [9.17, 15) is 0 Å². The van der Waals surface area contributed by atoms with Crippen molar-refractivity contribution >= 4 is 23.6 Å². The highest BCUT2D eigenvalue weighted by molar-refractivity contribution is 5.86.